The van der Waals surface area contributed by atoms with Gasteiger partial charge in [0.15, 0.2) is 5.43 Å². The van der Waals surface area contributed by atoms with Crippen LogP contribution >= 0.6 is 0 Å². The lowest BCUT2D eigenvalue weighted by molar-refractivity contribution is 0.760. The van der Waals surface area contributed by atoms with E-state index in [1.54, 1.807) is 18.6 Å². The SMILES string of the molecule is O=c1ccn(Cc2ccn[nH]2)cc1. The van der Waals surface area contributed by atoms with Crippen LogP contribution in [0.3, 0.4) is 0 Å². The predicted octanol–water partition coefficient (Wildman–Crippen LogP) is 0.620. The van der Waals surface area contributed by atoms with Crippen LogP contribution in [-0.2, 0) is 6.54 Å². The molecule has 2 aromatic rings. The smallest absolute Gasteiger partial charge is 0.181 e. The number of rotatable bonds is 2. The van der Waals surface area contributed by atoms with Crippen molar-refractivity contribution in [2.45, 2.75) is 6.54 Å². The first kappa shape index (κ1) is 7.79. The number of aromatic amines is 1. The fraction of sp³-hybridized carbons (Fsp3) is 0.111. The molecule has 0 radical (unpaired) electrons. The molecule has 4 nitrogen and oxygen atoms in total. The first-order valence-electron chi connectivity index (χ1n) is 3.99. The molecule has 2 heterocycles. The van der Waals surface area contributed by atoms with Crippen LogP contribution in [0.15, 0.2) is 41.6 Å². The molecule has 0 aromatic carbocycles. The molecule has 2 rings (SSSR count). The highest BCUT2D eigenvalue weighted by molar-refractivity contribution is 5.01. The first-order valence-corrected chi connectivity index (χ1v) is 3.99. The average molecular weight is 175 g/mol. The highest BCUT2D eigenvalue weighted by atomic mass is 16.1. The second-order valence-electron chi connectivity index (χ2n) is 2.79. The second-order valence-corrected chi connectivity index (χ2v) is 2.79. The summed E-state index contributed by atoms with van der Waals surface area (Å²) in [7, 11) is 0. The van der Waals surface area contributed by atoms with Crippen LogP contribution in [-0.4, -0.2) is 14.8 Å². The average Bonchev–Trinajstić information content (AvgIpc) is 2.62. The Morgan fingerprint density at radius 3 is 2.69 bits per heavy atom. The van der Waals surface area contributed by atoms with Crippen molar-refractivity contribution < 1.29 is 0 Å². The van der Waals surface area contributed by atoms with Crippen molar-refractivity contribution >= 4 is 0 Å². The van der Waals surface area contributed by atoms with Crippen molar-refractivity contribution in [2.24, 2.45) is 0 Å². The number of hydrogen-bond acceptors (Lipinski definition) is 2. The Kier molecular flexibility index (Phi) is 1.96. The maximum atomic E-state index is 10.8. The topological polar surface area (TPSA) is 50.7 Å². The van der Waals surface area contributed by atoms with Gasteiger partial charge in [0.1, 0.15) is 0 Å². The molecule has 0 fully saturated rings. The van der Waals surface area contributed by atoms with Crippen molar-refractivity contribution in [3.63, 3.8) is 0 Å². The molecule has 0 aliphatic heterocycles. The Morgan fingerprint density at radius 2 is 2.08 bits per heavy atom. The third-order valence-corrected chi connectivity index (χ3v) is 1.77. The molecule has 0 atom stereocenters. The molecule has 1 N–H and O–H groups in total. The summed E-state index contributed by atoms with van der Waals surface area (Å²) in [6.45, 7) is 0.709. The molecule has 0 aliphatic rings. The van der Waals surface area contributed by atoms with Crippen LogP contribution < -0.4 is 5.43 Å². The van der Waals surface area contributed by atoms with Gasteiger partial charge in [0, 0.05) is 30.7 Å². The molecule has 0 bridgehead atoms. The molecule has 0 spiro atoms. The summed E-state index contributed by atoms with van der Waals surface area (Å²) in [4.78, 5) is 10.8. The molecule has 0 aliphatic carbocycles. The Labute approximate surface area is 74.8 Å². The molecular weight excluding hydrogens is 166 g/mol. The molecule has 13 heavy (non-hydrogen) atoms. The summed E-state index contributed by atoms with van der Waals surface area (Å²) in [6.07, 6.45) is 5.21. The zero-order valence-corrected chi connectivity index (χ0v) is 6.97. The van der Waals surface area contributed by atoms with Crippen molar-refractivity contribution in [2.75, 3.05) is 0 Å². The Hall–Kier alpha value is -1.84. The van der Waals surface area contributed by atoms with E-state index in [4.69, 9.17) is 0 Å². The largest absolute Gasteiger partial charge is 0.348 e. The molecule has 0 unspecified atom stereocenters. The van der Waals surface area contributed by atoms with E-state index in [0.717, 1.165) is 5.69 Å². The summed E-state index contributed by atoms with van der Waals surface area (Å²) >= 11 is 0. The summed E-state index contributed by atoms with van der Waals surface area (Å²) in [5, 5.41) is 6.69. The fourth-order valence-corrected chi connectivity index (χ4v) is 1.12. The lowest BCUT2D eigenvalue weighted by atomic mass is 10.4. The van der Waals surface area contributed by atoms with Gasteiger partial charge in [-0.2, -0.15) is 5.10 Å². The molecule has 2 aromatic heterocycles. The molecule has 0 amide bonds. The Bertz CT molecular complexity index is 410. The van der Waals surface area contributed by atoms with Crippen LogP contribution in [0.5, 0.6) is 0 Å². The van der Waals surface area contributed by atoms with Gasteiger partial charge in [-0.3, -0.25) is 9.89 Å². The minimum absolute atomic E-state index is 0.0286. The van der Waals surface area contributed by atoms with Gasteiger partial charge < -0.3 is 4.57 Å². The van der Waals surface area contributed by atoms with Crippen LogP contribution in [0.1, 0.15) is 5.69 Å². The van der Waals surface area contributed by atoms with Gasteiger partial charge in [0.25, 0.3) is 0 Å². The third kappa shape index (κ3) is 1.84. The van der Waals surface area contributed by atoms with E-state index in [1.807, 2.05) is 10.6 Å². The van der Waals surface area contributed by atoms with Crippen molar-refractivity contribution in [3.05, 3.63) is 52.7 Å². The van der Waals surface area contributed by atoms with Crippen LogP contribution in [0.2, 0.25) is 0 Å². The molecule has 4 heteroatoms. The minimum atomic E-state index is 0.0286. The quantitative estimate of drug-likeness (QED) is 0.727. The highest BCUT2D eigenvalue weighted by Gasteiger charge is 1.93. The Morgan fingerprint density at radius 1 is 1.31 bits per heavy atom. The molecule has 0 saturated carbocycles. The van der Waals surface area contributed by atoms with Crippen molar-refractivity contribution in [1.82, 2.24) is 14.8 Å². The standard InChI is InChI=1S/C9H9N3O/c13-9-2-5-12(6-3-9)7-8-1-4-10-11-8/h1-6H,7H2,(H,10,11). The van der Waals surface area contributed by atoms with Gasteiger partial charge in [-0.05, 0) is 6.07 Å². The van der Waals surface area contributed by atoms with Crippen molar-refractivity contribution in [1.29, 1.82) is 0 Å². The van der Waals surface area contributed by atoms with Crippen LogP contribution in [0.25, 0.3) is 0 Å². The maximum Gasteiger partial charge on any atom is 0.181 e. The zero-order chi connectivity index (χ0) is 9.10. The molecular formula is C9H9N3O. The highest BCUT2D eigenvalue weighted by Crippen LogP contribution is 1.95. The van der Waals surface area contributed by atoms with Gasteiger partial charge in [0.2, 0.25) is 0 Å². The minimum Gasteiger partial charge on any atom is -0.348 e. The van der Waals surface area contributed by atoms with Crippen LogP contribution in [0.4, 0.5) is 0 Å². The summed E-state index contributed by atoms with van der Waals surface area (Å²) in [5.41, 5.74) is 1.05. The van der Waals surface area contributed by atoms with Crippen molar-refractivity contribution in [3.8, 4) is 0 Å². The monoisotopic (exact) mass is 175 g/mol. The van der Waals surface area contributed by atoms with E-state index in [9.17, 15) is 4.79 Å². The molecule has 0 saturated heterocycles. The first-order chi connectivity index (χ1) is 6.34. The van der Waals surface area contributed by atoms with E-state index < -0.39 is 0 Å². The van der Waals surface area contributed by atoms with Gasteiger partial charge in [-0.1, -0.05) is 0 Å². The molecule has 66 valence electrons. The van der Waals surface area contributed by atoms with Gasteiger partial charge in [-0.15, -0.1) is 0 Å². The van der Waals surface area contributed by atoms with Gasteiger partial charge in [0.05, 0.1) is 12.2 Å². The van der Waals surface area contributed by atoms with E-state index in [1.165, 1.54) is 12.1 Å². The number of aromatic nitrogens is 3. The number of hydrogen-bond donors (Lipinski definition) is 1. The summed E-state index contributed by atoms with van der Waals surface area (Å²) in [6, 6.07) is 4.98. The maximum absolute atomic E-state index is 10.8. The second kappa shape index (κ2) is 3.26. The van der Waals surface area contributed by atoms with E-state index >= 15 is 0 Å². The number of pyridine rings is 1. The van der Waals surface area contributed by atoms with Gasteiger partial charge >= 0.3 is 0 Å². The number of nitrogens with zero attached hydrogens (tertiary/aromatic N) is 2. The van der Waals surface area contributed by atoms with E-state index in [2.05, 4.69) is 10.2 Å². The van der Waals surface area contributed by atoms with Crippen LogP contribution in [0, 0.1) is 0 Å². The third-order valence-electron chi connectivity index (χ3n) is 1.77. The Balaban J connectivity index is 2.19. The summed E-state index contributed by atoms with van der Waals surface area (Å²) in [5.74, 6) is 0. The lowest BCUT2D eigenvalue weighted by Gasteiger charge is -2.01. The zero-order valence-electron chi connectivity index (χ0n) is 6.97. The summed E-state index contributed by atoms with van der Waals surface area (Å²) < 4.78 is 1.91. The fourth-order valence-electron chi connectivity index (χ4n) is 1.12. The number of nitrogens with one attached hydrogen (secondary N) is 1. The van der Waals surface area contributed by atoms with E-state index in [-0.39, 0.29) is 5.43 Å². The van der Waals surface area contributed by atoms with E-state index in [0.29, 0.717) is 6.54 Å². The van der Waals surface area contributed by atoms with Gasteiger partial charge in [-0.25, -0.2) is 0 Å². The lowest BCUT2D eigenvalue weighted by Crippen LogP contribution is -2.04. The normalized spacial score (nSPS) is 10.2. The number of H-pyrrole nitrogens is 1. The predicted molar refractivity (Wildman–Crippen MR) is 48.4 cm³/mol.